The van der Waals surface area contributed by atoms with Crippen molar-refractivity contribution in [2.75, 3.05) is 0 Å². The van der Waals surface area contributed by atoms with Crippen LogP contribution in [0.5, 0.6) is 28.7 Å². The summed E-state index contributed by atoms with van der Waals surface area (Å²) in [6.07, 6.45) is 0. The Bertz CT molecular complexity index is 2860. The third-order valence-corrected chi connectivity index (χ3v) is 10.8. The van der Waals surface area contributed by atoms with Crippen LogP contribution in [-0.2, 0) is 0 Å². The van der Waals surface area contributed by atoms with Crippen molar-refractivity contribution in [3.8, 4) is 62.1 Å². The number of benzene rings is 9. The second kappa shape index (κ2) is 11.1. The molecule has 0 spiro atoms. The second-order valence-electron chi connectivity index (χ2n) is 13.8. The summed E-state index contributed by atoms with van der Waals surface area (Å²) in [6, 6.07) is 59.4. The molecule has 3 nitrogen and oxygen atoms in total. The molecule has 0 fully saturated rings. The van der Waals surface area contributed by atoms with Gasteiger partial charge in [0.1, 0.15) is 28.7 Å². The molecule has 0 aromatic heterocycles. The van der Waals surface area contributed by atoms with Crippen molar-refractivity contribution in [2.24, 2.45) is 0 Å². The number of rotatable bonds is 3. The molecule has 0 saturated carbocycles. The summed E-state index contributed by atoms with van der Waals surface area (Å²) in [5.41, 5.74) is 10.1. The molecule has 0 bridgehead atoms. The zero-order valence-electron chi connectivity index (χ0n) is 28.0. The van der Waals surface area contributed by atoms with Crippen LogP contribution >= 0.6 is 0 Å². The van der Waals surface area contributed by atoms with E-state index in [0.29, 0.717) is 0 Å². The number of ether oxygens (including phenoxy) is 2. The summed E-state index contributed by atoms with van der Waals surface area (Å²) >= 11 is 0. The number of para-hydroxylation sites is 2. The van der Waals surface area contributed by atoms with Gasteiger partial charge in [0, 0.05) is 5.46 Å². The predicted molar refractivity (Wildman–Crippen MR) is 215 cm³/mol. The lowest BCUT2D eigenvalue weighted by atomic mass is 9.35. The highest BCUT2D eigenvalue weighted by atomic mass is 16.5. The van der Waals surface area contributed by atoms with E-state index in [-0.39, 0.29) is 12.5 Å². The molecule has 52 heavy (non-hydrogen) atoms. The Hall–Kier alpha value is -6.78. The van der Waals surface area contributed by atoms with Crippen LogP contribution in [0.4, 0.5) is 0 Å². The SMILES string of the molecule is Oc1ccc2c3ccc(-c4cccc(-c5cccc(-c6cc7c8c(c6)Oc6ccccc6B8c6ccccc6O7)c5)c4)cc3c3ccccc3c2c1. The quantitative estimate of drug-likeness (QED) is 0.151. The van der Waals surface area contributed by atoms with E-state index in [2.05, 4.69) is 140 Å². The van der Waals surface area contributed by atoms with Crippen molar-refractivity contribution in [2.45, 2.75) is 0 Å². The summed E-state index contributed by atoms with van der Waals surface area (Å²) in [6.45, 7) is 0.0586. The lowest BCUT2D eigenvalue weighted by Crippen LogP contribution is -2.57. The third-order valence-electron chi connectivity index (χ3n) is 10.8. The monoisotopic (exact) mass is 664 g/mol. The smallest absolute Gasteiger partial charge is 0.260 e. The fourth-order valence-electron chi connectivity index (χ4n) is 8.44. The van der Waals surface area contributed by atoms with Crippen LogP contribution in [0.3, 0.4) is 0 Å². The number of phenolic OH excluding ortho intramolecular Hbond substituents is 1. The lowest BCUT2D eigenvalue weighted by Gasteiger charge is -2.33. The molecule has 0 atom stereocenters. The molecular weight excluding hydrogens is 635 g/mol. The van der Waals surface area contributed by atoms with Gasteiger partial charge in [-0.2, -0.15) is 0 Å². The molecule has 2 heterocycles. The van der Waals surface area contributed by atoms with Crippen molar-refractivity contribution in [3.63, 3.8) is 0 Å². The number of phenols is 1. The van der Waals surface area contributed by atoms with Crippen LogP contribution in [0, 0.1) is 0 Å². The Kier molecular flexibility index (Phi) is 6.20. The van der Waals surface area contributed by atoms with E-state index in [1.807, 2.05) is 24.3 Å². The number of hydrogen-bond donors (Lipinski definition) is 1. The fourth-order valence-corrected chi connectivity index (χ4v) is 8.44. The van der Waals surface area contributed by atoms with Crippen LogP contribution in [0.1, 0.15) is 0 Å². The van der Waals surface area contributed by atoms with Crippen molar-refractivity contribution in [3.05, 3.63) is 170 Å². The standard InChI is InChI=1S/C48H29BO3/c50-35-20-22-39-38-21-19-33(25-40(38)36-13-1-2-14-37(36)41(39)28-35)31-11-7-9-29(23-31)30-10-8-12-32(24-30)34-26-46-48-47(27-34)52-45-18-6-4-16-43(45)49(48)42-15-3-5-17-44(42)51-46/h1-28,50H. The Morgan fingerprint density at radius 2 is 0.788 bits per heavy atom. The Morgan fingerprint density at radius 3 is 1.38 bits per heavy atom. The maximum atomic E-state index is 10.3. The van der Waals surface area contributed by atoms with Gasteiger partial charge >= 0.3 is 0 Å². The molecular formula is C48H29BO3. The number of hydrogen-bond acceptors (Lipinski definition) is 3. The van der Waals surface area contributed by atoms with Crippen LogP contribution in [0.25, 0.3) is 65.7 Å². The molecule has 1 N–H and O–H groups in total. The molecule has 242 valence electrons. The predicted octanol–water partition coefficient (Wildman–Crippen LogP) is 10.6. The van der Waals surface area contributed by atoms with Gasteiger partial charge in [-0.3, -0.25) is 0 Å². The highest BCUT2D eigenvalue weighted by Crippen LogP contribution is 2.41. The molecule has 0 radical (unpaired) electrons. The normalized spacial score (nSPS) is 12.6. The molecule has 9 aromatic carbocycles. The van der Waals surface area contributed by atoms with E-state index in [4.69, 9.17) is 9.47 Å². The second-order valence-corrected chi connectivity index (χ2v) is 13.8. The summed E-state index contributed by atoms with van der Waals surface area (Å²) in [5, 5.41) is 17.2. The van der Waals surface area contributed by atoms with E-state index in [1.54, 1.807) is 6.07 Å². The highest BCUT2D eigenvalue weighted by Gasteiger charge is 2.40. The zero-order chi connectivity index (χ0) is 34.3. The van der Waals surface area contributed by atoms with Crippen molar-refractivity contribution >= 4 is 55.4 Å². The van der Waals surface area contributed by atoms with Crippen molar-refractivity contribution < 1.29 is 14.6 Å². The summed E-state index contributed by atoms with van der Waals surface area (Å²) in [5.74, 6) is 3.74. The van der Waals surface area contributed by atoms with Gasteiger partial charge in [-0.05, 0) is 131 Å². The van der Waals surface area contributed by atoms with Gasteiger partial charge < -0.3 is 14.6 Å². The molecule has 0 unspecified atom stereocenters. The first-order valence-electron chi connectivity index (χ1n) is 17.7. The van der Waals surface area contributed by atoms with Crippen molar-refractivity contribution in [1.82, 2.24) is 0 Å². The summed E-state index contributed by atoms with van der Waals surface area (Å²) in [4.78, 5) is 0. The highest BCUT2D eigenvalue weighted by molar-refractivity contribution is 6.98. The Balaban J connectivity index is 0.999. The minimum absolute atomic E-state index is 0.0586. The molecule has 2 aliphatic rings. The Morgan fingerprint density at radius 1 is 0.327 bits per heavy atom. The number of aromatic hydroxyl groups is 1. The average Bonchev–Trinajstić information content (AvgIpc) is 3.20. The van der Waals surface area contributed by atoms with Crippen molar-refractivity contribution in [1.29, 1.82) is 0 Å². The largest absolute Gasteiger partial charge is 0.508 e. The molecule has 2 aliphatic heterocycles. The first kappa shape index (κ1) is 29.0. The Labute approximate surface area is 301 Å². The van der Waals surface area contributed by atoms with Crippen LogP contribution < -0.4 is 25.9 Å². The maximum absolute atomic E-state index is 10.3. The third kappa shape index (κ3) is 4.41. The van der Waals surface area contributed by atoms with E-state index in [1.165, 1.54) is 16.2 Å². The summed E-state index contributed by atoms with van der Waals surface area (Å²) in [7, 11) is 0. The van der Waals surface area contributed by atoms with Gasteiger partial charge in [0.15, 0.2) is 0 Å². The minimum atomic E-state index is 0.0586. The lowest BCUT2D eigenvalue weighted by molar-refractivity contribution is 0.465. The molecule has 0 aliphatic carbocycles. The van der Waals surface area contributed by atoms with Gasteiger partial charge in [-0.1, -0.05) is 115 Å². The van der Waals surface area contributed by atoms with Crippen LogP contribution in [-0.4, -0.2) is 11.8 Å². The molecule has 0 amide bonds. The van der Waals surface area contributed by atoms with Gasteiger partial charge in [-0.15, -0.1) is 0 Å². The molecule has 0 saturated heterocycles. The molecule has 9 aromatic rings. The first-order chi connectivity index (χ1) is 25.7. The van der Waals surface area contributed by atoms with E-state index < -0.39 is 0 Å². The summed E-state index contributed by atoms with van der Waals surface area (Å²) < 4.78 is 13.2. The van der Waals surface area contributed by atoms with Gasteiger partial charge in [0.25, 0.3) is 6.71 Å². The topological polar surface area (TPSA) is 38.7 Å². The first-order valence-corrected chi connectivity index (χ1v) is 17.7. The van der Waals surface area contributed by atoms with E-state index in [0.717, 1.165) is 88.9 Å². The average molecular weight is 665 g/mol. The zero-order valence-corrected chi connectivity index (χ0v) is 28.0. The van der Waals surface area contributed by atoms with E-state index in [9.17, 15) is 5.11 Å². The van der Waals surface area contributed by atoms with Gasteiger partial charge in [-0.25, -0.2) is 0 Å². The molecule has 11 rings (SSSR count). The van der Waals surface area contributed by atoms with Crippen LogP contribution in [0.2, 0.25) is 0 Å². The fraction of sp³-hybridized carbons (Fsp3) is 0. The minimum Gasteiger partial charge on any atom is -0.508 e. The van der Waals surface area contributed by atoms with Crippen LogP contribution in [0.15, 0.2) is 170 Å². The van der Waals surface area contributed by atoms with Gasteiger partial charge in [0.05, 0.1) is 0 Å². The van der Waals surface area contributed by atoms with E-state index >= 15 is 0 Å². The molecule has 4 heteroatoms. The number of fused-ring (bicyclic) bond motifs is 10. The van der Waals surface area contributed by atoms with Gasteiger partial charge in [0.2, 0.25) is 0 Å². The maximum Gasteiger partial charge on any atom is 0.260 e.